The van der Waals surface area contributed by atoms with E-state index in [0.717, 1.165) is 60.1 Å². The summed E-state index contributed by atoms with van der Waals surface area (Å²) in [5.74, 6) is 6.96. The maximum absolute atomic E-state index is 12.7. The number of allylic oxidation sites excluding steroid dienone is 1. The van der Waals surface area contributed by atoms with E-state index in [1.807, 2.05) is 49.4 Å². The fourth-order valence-corrected chi connectivity index (χ4v) is 5.57. The molecule has 1 aliphatic rings. The third-order valence-corrected chi connectivity index (χ3v) is 7.52. The van der Waals surface area contributed by atoms with Crippen molar-refractivity contribution < 1.29 is 13.7 Å². The monoisotopic (exact) mass is 536 g/mol. The van der Waals surface area contributed by atoms with Crippen molar-refractivity contribution in [3.05, 3.63) is 66.1 Å². The lowest BCUT2D eigenvalue weighted by Crippen LogP contribution is -2.26. The lowest BCUT2D eigenvalue weighted by molar-refractivity contribution is 0.0619. The Bertz CT molecular complexity index is 1420. The highest BCUT2D eigenvalue weighted by Crippen LogP contribution is 2.38. The van der Waals surface area contributed by atoms with Crippen LogP contribution in [0.3, 0.4) is 0 Å². The van der Waals surface area contributed by atoms with Gasteiger partial charge in [0.25, 0.3) is 0 Å². The highest BCUT2D eigenvalue weighted by atomic mass is 32.2. The second-order valence-electron chi connectivity index (χ2n) is 9.36. The number of methoxy groups -OCH3 is 1. The van der Waals surface area contributed by atoms with Crippen molar-refractivity contribution >= 4 is 38.4 Å². The van der Waals surface area contributed by atoms with Crippen LogP contribution in [0, 0.1) is 5.92 Å². The molecule has 10 heteroatoms. The zero-order chi connectivity index (χ0) is 27.2. The van der Waals surface area contributed by atoms with Crippen LogP contribution in [-0.4, -0.2) is 57.4 Å². The van der Waals surface area contributed by atoms with Crippen LogP contribution in [0.4, 0.5) is 0 Å². The Labute approximate surface area is 225 Å². The van der Waals surface area contributed by atoms with Gasteiger partial charge in [-0.15, -0.1) is 0 Å². The fraction of sp³-hybridized carbons (Fsp3) is 0.357. The number of ether oxygens (including phenoxy) is 2. The van der Waals surface area contributed by atoms with Gasteiger partial charge in [0, 0.05) is 56.7 Å². The first kappa shape index (κ1) is 27.6. The van der Waals surface area contributed by atoms with Crippen LogP contribution in [0.15, 0.2) is 65.5 Å². The second-order valence-corrected chi connectivity index (χ2v) is 10.7. The summed E-state index contributed by atoms with van der Waals surface area (Å²) in [6.45, 7) is 4.07. The predicted molar refractivity (Wildman–Crippen MR) is 153 cm³/mol. The third kappa shape index (κ3) is 5.82. The van der Waals surface area contributed by atoms with Crippen molar-refractivity contribution in [1.29, 1.82) is 0 Å². The molecule has 3 aromatic heterocycles. The fourth-order valence-electron chi connectivity index (χ4n) is 4.89. The number of hydrogen-bond acceptors (Lipinski definition) is 8. The van der Waals surface area contributed by atoms with Gasteiger partial charge < -0.3 is 24.8 Å². The van der Waals surface area contributed by atoms with Gasteiger partial charge in [0.1, 0.15) is 5.52 Å². The molecule has 5 rings (SSSR count). The number of aromatic nitrogens is 3. The van der Waals surface area contributed by atoms with E-state index < -0.39 is 10.8 Å². The molecule has 38 heavy (non-hydrogen) atoms. The summed E-state index contributed by atoms with van der Waals surface area (Å²) < 4.78 is 26.0. The zero-order valence-electron chi connectivity index (χ0n) is 22.4. The summed E-state index contributed by atoms with van der Waals surface area (Å²) in [6.07, 6.45) is 7.00. The van der Waals surface area contributed by atoms with Crippen LogP contribution in [0.5, 0.6) is 5.88 Å². The average Bonchev–Trinajstić information content (AvgIpc) is 3.23. The highest BCUT2D eigenvalue weighted by molar-refractivity contribution is 7.84. The van der Waals surface area contributed by atoms with Crippen molar-refractivity contribution in [2.45, 2.75) is 31.2 Å². The molecule has 1 saturated heterocycles. The van der Waals surface area contributed by atoms with Gasteiger partial charge in [0.2, 0.25) is 5.88 Å². The van der Waals surface area contributed by atoms with E-state index in [-0.39, 0.29) is 0 Å². The van der Waals surface area contributed by atoms with E-state index in [1.54, 1.807) is 32.8 Å². The molecule has 0 saturated carbocycles. The molecule has 1 aliphatic heterocycles. The van der Waals surface area contributed by atoms with Crippen molar-refractivity contribution in [2.75, 3.05) is 33.6 Å². The first-order chi connectivity index (χ1) is 18.3. The number of hydrogen-bond donors (Lipinski definition) is 2. The van der Waals surface area contributed by atoms with Gasteiger partial charge in [-0.1, -0.05) is 36.4 Å². The third-order valence-electron chi connectivity index (χ3n) is 6.60. The number of hydrazine groups is 1. The molecule has 0 radical (unpaired) electrons. The molecule has 1 aromatic carbocycles. The standard InChI is InChI=1S/C22H30N6O3S.C6H6/c1-13(23)20(27(2)24)15-9-16-19(25-10-15)18-21(17(32(4)29)11-26-22(18)30-3)28(16)12-14-5-7-31-8-6-14;1-2-4-6-5-3-1/h9-11,14H,5-8,12,23-24H2,1-4H3;1-6H/b20-13-;. The van der Waals surface area contributed by atoms with Gasteiger partial charge in [0.05, 0.1) is 44.9 Å². The van der Waals surface area contributed by atoms with Crippen molar-refractivity contribution in [3.8, 4) is 5.88 Å². The molecular weight excluding hydrogens is 500 g/mol. The van der Waals surface area contributed by atoms with Gasteiger partial charge in [-0.3, -0.25) is 9.19 Å². The van der Waals surface area contributed by atoms with E-state index in [9.17, 15) is 4.21 Å². The second kappa shape index (κ2) is 12.4. The average molecular weight is 537 g/mol. The number of benzene rings is 1. The summed E-state index contributed by atoms with van der Waals surface area (Å²) in [5.41, 5.74) is 10.7. The largest absolute Gasteiger partial charge is 0.480 e. The van der Waals surface area contributed by atoms with Crippen LogP contribution >= 0.6 is 0 Å². The Morgan fingerprint density at radius 1 is 1.16 bits per heavy atom. The Hall–Kier alpha value is -3.47. The minimum atomic E-state index is -1.23. The molecule has 4 heterocycles. The van der Waals surface area contributed by atoms with E-state index >= 15 is 0 Å². The van der Waals surface area contributed by atoms with Gasteiger partial charge in [0.15, 0.2) is 0 Å². The minimum absolute atomic E-state index is 0.437. The zero-order valence-corrected chi connectivity index (χ0v) is 23.2. The molecule has 0 amide bonds. The lowest BCUT2D eigenvalue weighted by atomic mass is 10.0. The number of pyridine rings is 2. The number of nitrogens with zero attached hydrogens (tertiary/aromatic N) is 4. The van der Waals surface area contributed by atoms with Crippen LogP contribution < -0.4 is 16.3 Å². The summed E-state index contributed by atoms with van der Waals surface area (Å²) in [4.78, 5) is 9.87. The van der Waals surface area contributed by atoms with Crippen LogP contribution in [0.2, 0.25) is 0 Å². The van der Waals surface area contributed by atoms with E-state index in [1.165, 1.54) is 5.01 Å². The Balaban J connectivity index is 0.000000494. The van der Waals surface area contributed by atoms with Gasteiger partial charge in [-0.2, -0.15) is 0 Å². The molecule has 1 unspecified atom stereocenters. The number of fused-ring (bicyclic) bond motifs is 3. The smallest absolute Gasteiger partial charge is 0.224 e. The molecule has 0 aliphatic carbocycles. The first-order valence-corrected chi connectivity index (χ1v) is 14.1. The first-order valence-electron chi connectivity index (χ1n) is 12.5. The molecule has 4 N–H and O–H groups in total. The summed E-state index contributed by atoms with van der Waals surface area (Å²) in [7, 11) is 2.10. The maximum Gasteiger partial charge on any atom is 0.224 e. The van der Waals surface area contributed by atoms with E-state index in [4.69, 9.17) is 26.0 Å². The minimum Gasteiger partial charge on any atom is -0.480 e. The van der Waals surface area contributed by atoms with Gasteiger partial charge in [-0.25, -0.2) is 10.8 Å². The molecule has 1 fully saturated rings. The molecule has 202 valence electrons. The number of rotatable bonds is 6. The predicted octanol–water partition coefficient (Wildman–Crippen LogP) is 3.90. The quantitative estimate of drug-likeness (QED) is 0.281. The summed E-state index contributed by atoms with van der Waals surface area (Å²) >= 11 is 0. The Morgan fingerprint density at radius 2 is 1.79 bits per heavy atom. The summed E-state index contributed by atoms with van der Waals surface area (Å²) in [5, 5.41) is 2.27. The van der Waals surface area contributed by atoms with E-state index in [2.05, 4.69) is 9.55 Å². The number of nitrogens with two attached hydrogens (primary N) is 2. The highest BCUT2D eigenvalue weighted by Gasteiger charge is 2.25. The Morgan fingerprint density at radius 3 is 2.32 bits per heavy atom. The lowest BCUT2D eigenvalue weighted by Gasteiger charge is -2.24. The molecule has 0 spiro atoms. The van der Waals surface area contributed by atoms with Gasteiger partial charge >= 0.3 is 0 Å². The van der Waals surface area contributed by atoms with Crippen molar-refractivity contribution in [1.82, 2.24) is 19.5 Å². The normalized spacial score (nSPS) is 15.5. The molecule has 4 aromatic rings. The molecule has 1 atom stereocenters. The topological polar surface area (TPSA) is 122 Å². The SMILES string of the molecule is COc1ncc(S(C)=O)c2c1c1ncc(/C(=C(\C)N)N(C)N)cc1n2CC1CCOCC1.c1ccccc1. The van der Waals surface area contributed by atoms with Crippen LogP contribution in [0.25, 0.3) is 27.6 Å². The maximum atomic E-state index is 12.7. The molecular formula is C28H36N6O3S. The van der Waals surface area contributed by atoms with Crippen LogP contribution in [0.1, 0.15) is 25.3 Å². The summed E-state index contributed by atoms with van der Waals surface area (Å²) in [6, 6.07) is 14.0. The molecule has 0 bridgehead atoms. The van der Waals surface area contributed by atoms with E-state index in [0.29, 0.717) is 28.1 Å². The molecule has 9 nitrogen and oxygen atoms in total. The Kier molecular flexibility index (Phi) is 8.98. The van der Waals surface area contributed by atoms with Crippen LogP contribution in [-0.2, 0) is 22.1 Å². The van der Waals surface area contributed by atoms with Gasteiger partial charge in [-0.05, 0) is 31.7 Å². The van der Waals surface area contributed by atoms with Crippen molar-refractivity contribution in [2.24, 2.45) is 17.5 Å². The van der Waals surface area contributed by atoms with Crippen molar-refractivity contribution in [3.63, 3.8) is 0 Å².